The van der Waals surface area contributed by atoms with E-state index in [1.54, 1.807) is 14.2 Å². The Morgan fingerprint density at radius 1 is 1.29 bits per heavy atom. The van der Waals surface area contributed by atoms with Crippen LogP contribution in [0.15, 0.2) is 18.2 Å². The van der Waals surface area contributed by atoms with Crippen molar-refractivity contribution in [2.45, 2.75) is 25.4 Å². The van der Waals surface area contributed by atoms with Crippen molar-refractivity contribution in [3.63, 3.8) is 0 Å². The molecule has 1 aromatic carbocycles. The van der Waals surface area contributed by atoms with Crippen LogP contribution in [0.1, 0.15) is 18.4 Å². The second-order valence-electron chi connectivity index (χ2n) is 5.72. The number of hydrogen-bond donors (Lipinski definition) is 1. The Bertz CT molecular complexity index is 532. The van der Waals surface area contributed by atoms with Crippen LogP contribution in [-0.2, 0) is 11.3 Å². The van der Waals surface area contributed by atoms with Crippen molar-refractivity contribution in [2.24, 2.45) is 5.92 Å². The molecule has 2 fully saturated rings. The molecule has 2 aliphatic heterocycles. The summed E-state index contributed by atoms with van der Waals surface area (Å²) in [5.41, 5.74) is 1.07. The summed E-state index contributed by atoms with van der Waals surface area (Å²) in [4.78, 5) is 14.4. The second kappa shape index (κ2) is 5.93. The number of methoxy groups -OCH3 is 2. The quantitative estimate of drug-likeness (QED) is 0.911. The highest BCUT2D eigenvalue weighted by atomic mass is 16.5. The zero-order valence-corrected chi connectivity index (χ0v) is 12.6. The van der Waals surface area contributed by atoms with Gasteiger partial charge in [0.1, 0.15) is 0 Å². The molecule has 1 amide bonds. The lowest BCUT2D eigenvalue weighted by atomic mass is 9.94. The summed E-state index contributed by atoms with van der Waals surface area (Å²) in [6.45, 7) is 2.46. The van der Waals surface area contributed by atoms with E-state index in [0.29, 0.717) is 24.1 Å². The van der Waals surface area contributed by atoms with Gasteiger partial charge in [0, 0.05) is 19.1 Å². The van der Waals surface area contributed by atoms with Crippen molar-refractivity contribution in [1.29, 1.82) is 0 Å². The molecule has 0 aliphatic carbocycles. The zero-order valence-electron chi connectivity index (χ0n) is 12.6. The normalized spacial score (nSPS) is 24.9. The molecule has 2 aliphatic rings. The lowest BCUT2D eigenvalue weighted by Gasteiger charge is -2.23. The number of benzene rings is 1. The van der Waals surface area contributed by atoms with Gasteiger partial charge < -0.3 is 19.7 Å². The Morgan fingerprint density at radius 2 is 2.10 bits per heavy atom. The van der Waals surface area contributed by atoms with Crippen LogP contribution in [-0.4, -0.2) is 44.2 Å². The maximum absolute atomic E-state index is 12.5. The molecule has 0 aromatic heterocycles. The molecule has 3 rings (SSSR count). The maximum Gasteiger partial charge on any atom is 0.227 e. The van der Waals surface area contributed by atoms with E-state index in [9.17, 15) is 4.79 Å². The molecule has 0 radical (unpaired) electrons. The molecule has 1 N–H and O–H groups in total. The first kappa shape index (κ1) is 14.2. The van der Waals surface area contributed by atoms with Gasteiger partial charge in [0.15, 0.2) is 11.5 Å². The monoisotopic (exact) mass is 290 g/mol. The molecule has 2 unspecified atom stereocenters. The van der Waals surface area contributed by atoms with Crippen LogP contribution in [0.5, 0.6) is 11.5 Å². The first-order valence-corrected chi connectivity index (χ1v) is 7.46. The maximum atomic E-state index is 12.5. The van der Waals surface area contributed by atoms with Gasteiger partial charge in [-0.05, 0) is 37.1 Å². The number of carbonyl (C=O) groups is 1. The number of amides is 1. The van der Waals surface area contributed by atoms with Crippen molar-refractivity contribution in [1.82, 2.24) is 10.2 Å². The molecule has 0 saturated carbocycles. The third-order valence-corrected chi connectivity index (χ3v) is 4.45. The fraction of sp³-hybridized carbons (Fsp3) is 0.562. The highest BCUT2D eigenvalue weighted by Crippen LogP contribution is 2.31. The number of fused-ring (bicyclic) bond motifs is 1. The second-order valence-corrected chi connectivity index (χ2v) is 5.72. The predicted octanol–water partition coefficient (Wildman–Crippen LogP) is 1.41. The Balaban J connectivity index is 1.73. The number of nitrogens with one attached hydrogen (secondary N) is 1. The van der Waals surface area contributed by atoms with E-state index in [2.05, 4.69) is 5.32 Å². The van der Waals surface area contributed by atoms with E-state index in [4.69, 9.17) is 9.47 Å². The van der Waals surface area contributed by atoms with Crippen LogP contribution in [0.3, 0.4) is 0 Å². The highest BCUT2D eigenvalue weighted by molar-refractivity contribution is 5.82. The van der Waals surface area contributed by atoms with Gasteiger partial charge in [0.05, 0.1) is 20.1 Å². The molecule has 21 heavy (non-hydrogen) atoms. The summed E-state index contributed by atoms with van der Waals surface area (Å²) in [5.74, 6) is 1.86. The molecule has 2 atom stereocenters. The van der Waals surface area contributed by atoms with Crippen LogP contribution in [0.25, 0.3) is 0 Å². The Kier molecular flexibility index (Phi) is 4.01. The summed E-state index contributed by atoms with van der Waals surface area (Å²) in [6, 6.07) is 6.15. The average Bonchev–Trinajstić information content (AvgIpc) is 2.84. The first-order chi connectivity index (χ1) is 10.2. The molecular weight excluding hydrogens is 268 g/mol. The van der Waals surface area contributed by atoms with Crippen LogP contribution in [0, 0.1) is 5.92 Å². The smallest absolute Gasteiger partial charge is 0.227 e. The number of likely N-dealkylation sites (tertiary alicyclic amines) is 1. The summed E-state index contributed by atoms with van der Waals surface area (Å²) >= 11 is 0. The minimum Gasteiger partial charge on any atom is -0.493 e. The predicted molar refractivity (Wildman–Crippen MR) is 79.5 cm³/mol. The van der Waals surface area contributed by atoms with Crippen molar-refractivity contribution in [3.8, 4) is 11.5 Å². The van der Waals surface area contributed by atoms with Gasteiger partial charge in [0.25, 0.3) is 0 Å². The van der Waals surface area contributed by atoms with E-state index < -0.39 is 0 Å². The number of rotatable bonds is 4. The number of carbonyl (C=O) groups excluding carboxylic acids is 1. The molecule has 0 spiro atoms. The lowest BCUT2D eigenvalue weighted by molar-refractivity contribution is -0.131. The highest BCUT2D eigenvalue weighted by Gasteiger charge is 2.41. The van der Waals surface area contributed by atoms with Gasteiger partial charge >= 0.3 is 0 Å². The van der Waals surface area contributed by atoms with Gasteiger partial charge in [-0.1, -0.05) is 6.07 Å². The first-order valence-electron chi connectivity index (χ1n) is 7.46. The molecule has 114 valence electrons. The summed E-state index contributed by atoms with van der Waals surface area (Å²) in [7, 11) is 3.25. The van der Waals surface area contributed by atoms with Crippen molar-refractivity contribution < 1.29 is 14.3 Å². The molecule has 0 bridgehead atoms. The molecule has 2 heterocycles. The zero-order chi connectivity index (χ0) is 14.8. The van der Waals surface area contributed by atoms with E-state index in [0.717, 1.165) is 31.5 Å². The summed E-state index contributed by atoms with van der Waals surface area (Å²) < 4.78 is 10.6. The number of nitrogens with zero attached hydrogens (tertiary/aromatic N) is 1. The average molecular weight is 290 g/mol. The fourth-order valence-electron chi connectivity index (χ4n) is 3.34. The SMILES string of the molecule is COc1ccc(CN2CC3NCCCC3C2=O)cc1OC. The van der Waals surface area contributed by atoms with Gasteiger partial charge in [-0.15, -0.1) is 0 Å². The van der Waals surface area contributed by atoms with E-state index in [-0.39, 0.29) is 11.8 Å². The third-order valence-electron chi connectivity index (χ3n) is 4.45. The number of piperidine rings is 1. The van der Waals surface area contributed by atoms with Gasteiger partial charge in [-0.25, -0.2) is 0 Å². The summed E-state index contributed by atoms with van der Waals surface area (Å²) in [5, 5.41) is 3.46. The van der Waals surface area contributed by atoms with Crippen molar-refractivity contribution in [2.75, 3.05) is 27.3 Å². The lowest BCUT2D eigenvalue weighted by Crippen LogP contribution is -2.41. The van der Waals surface area contributed by atoms with Crippen molar-refractivity contribution >= 4 is 5.91 Å². The van der Waals surface area contributed by atoms with E-state index in [1.165, 1.54) is 0 Å². The Morgan fingerprint density at radius 3 is 2.81 bits per heavy atom. The van der Waals surface area contributed by atoms with Crippen LogP contribution in [0.4, 0.5) is 0 Å². The minimum absolute atomic E-state index is 0.166. The fourth-order valence-corrected chi connectivity index (χ4v) is 3.34. The Hall–Kier alpha value is -1.75. The van der Waals surface area contributed by atoms with Crippen LogP contribution < -0.4 is 14.8 Å². The molecule has 5 nitrogen and oxygen atoms in total. The van der Waals surface area contributed by atoms with Crippen LogP contribution in [0.2, 0.25) is 0 Å². The number of hydrogen-bond acceptors (Lipinski definition) is 4. The molecule has 2 saturated heterocycles. The summed E-state index contributed by atoms with van der Waals surface area (Å²) in [6.07, 6.45) is 2.11. The molecular formula is C16H22N2O3. The Labute approximate surface area is 125 Å². The number of ether oxygens (including phenoxy) is 2. The minimum atomic E-state index is 0.166. The largest absolute Gasteiger partial charge is 0.493 e. The van der Waals surface area contributed by atoms with Crippen LogP contribution >= 0.6 is 0 Å². The van der Waals surface area contributed by atoms with Gasteiger partial charge in [0.2, 0.25) is 5.91 Å². The van der Waals surface area contributed by atoms with Gasteiger partial charge in [-0.2, -0.15) is 0 Å². The van der Waals surface area contributed by atoms with Crippen molar-refractivity contribution in [3.05, 3.63) is 23.8 Å². The van der Waals surface area contributed by atoms with Gasteiger partial charge in [-0.3, -0.25) is 4.79 Å². The molecule has 1 aromatic rings. The molecule has 5 heteroatoms. The van der Waals surface area contributed by atoms with E-state index >= 15 is 0 Å². The van der Waals surface area contributed by atoms with E-state index in [1.807, 2.05) is 23.1 Å². The standard InChI is InChI=1S/C16H22N2O3/c1-20-14-6-5-11(8-15(14)21-2)9-18-10-13-12(16(18)19)4-3-7-17-13/h5-6,8,12-13,17H,3-4,7,9-10H2,1-2H3. The topological polar surface area (TPSA) is 50.8 Å². The third kappa shape index (κ3) is 2.70.